The van der Waals surface area contributed by atoms with Gasteiger partial charge in [0.25, 0.3) is 0 Å². The molecule has 1 aromatic carbocycles. The molecule has 1 nitrogen and oxygen atoms in total. The summed E-state index contributed by atoms with van der Waals surface area (Å²) in [5.74, 6) is 5.82. The molecule has 0 bridgehead atoms. The third-order valence-electron chi connectivity index (χ3n) is 2.93. The van der Waals surface area contributed by atoms with Gasteiger partial charge < -0.3 is 5.32 Å². The topological polar surface area (TPSA) is 12.0 Å². The molecule has 0 aliphatic carbocycles. The predicted molar refractivity (Wildman–Crippen MR) is 76.3 cm³/mol. The van der Waals surface area contributed by atoms with Crippen molar-refractivity contribution in [2.24, 2.45) is 0 Å². The zero-order chi connectivity index (χ0) is 13.0. The fourth-order valence-electron chi connectivity index (χ4n) is 1.97. The van der Waals surface area contributed by atoms with E-state index >= 15 is 0 Å². The molecule has 0 saturated carbocycles. The molecule has 0 radical (unpaired) electrons. The fourth-order valence-corrected chi connectivity index (χ4v) is 3.20. The van der Waals surface area contributed by atoms with Crippen molar-refractivity contribution >= 4 is 21.4 Å². The lowest BCUT2D eigenvalue weighted by molar-refractivity contribution is 0.567. The van der Waals surface area contributed by atoms with Gasteiger partial charge in [-0.15, -0.1) is 23.2 Å². The van der Waals surface area contributed by atoms with Gasteiger partial charge in [-0.05, 0) is 44.0 Å². The zero-order valence-electron chi connectivity index (χ0n) is 10.6. The Morgan fingerprint density at radius 2 is 2.22 bits per heavy atom. The number of halogens is 1. The molecule has 0 amide bonds. The molecule has 0 saturated heterocycles. The molecular formula is C15H16FNS. The Hall–Kier alpha value is -1.37. The van der Waals surface area contributed by atoms with E-state index in [-0.39, 0.29) is 5.82 Å². The van der Waals surface area contributed by atoms with E-state index in [0.717, 1.165) is 22.9 Å². The molecule has 1 aromatic heterocycles. The van der Waals surface area contributed by atoms with Crippen molar-refractivity contribution in [1.82, 2.24) is 5.32 Å². The minimum Gasteiger partial charge on any atom is -0.312 e. The highest BCUT2D eigenvalue weighted by Gasteiger charge is 2.12. The van der Waals surface area contributed by atoms with Crippen LogP contribution in [-0.2, 0) is 0 Å². The van der Waals surface area contributed by atoms with Gasteiger partial charge >= 0.3 is 0 Å². The molecule has 1 N–H and O–H groups in total. The van der Waals surface area contributed by atoms with Crippen LogP contribution >= 0.6 is 11.3 Å². The largest absolute Gasteiger partial charge is 0.312 e. The lowest BCUT2D eigenvalue weighted by atomic mass is 10.1. The van der Waals surface area contributed by atoms with Gasteiger partial charge in [-0.3, -0.25) is 0 Å². The van der Waals surface area contributed by atoms with Crippen LogP contribution in [0.4, 0.5) is 4.39 Å². The second kappa shape index (κ2) is 5.99. The van der Waals surface area contributed by atoms with Gasteiger partial charge in [0, 0.05) is 22.0 Å². The Kier molecular flexibility index (Phi) is 4.35. The fraction of sp³-hybridized carbons (Fsp3) is 0.333. The van der Waals surface area contributed by atoms with E-state index in [1.807, 2.05) is 20.0 Å². The highest BCUT2D eigenvalue weighted by Crippen LogP contribution is 2.32. The van der Waals surface area contributed by atoms with Crippen molar-refractivity contribution < 1.29 is 4.39 Å². The summed E-state index contributed by atoms with van der Waals surface area (Å²) in [7, 11) is 1.95. The van der Waals surface area contributed by atoms with Gasteiger partial charge in [-0.2, -0.15) is 0 Å². The molecule has 94 valence electrons. The van der Waals surface area contributed by atoms with Gasteiger partial charge in [-0.1, -0.05) is 6.07 Å². The first-order chi connectivity index (χ1) is 8.74. The Labute approximate surface area is 111 Å². The molecule has 1 atom stereocenters. The third-order valence-corrected chi connectivity index (χ3v) is 4.14. The molecule has 3 heteroatoms. The van der Waals surface area contributed by atoms with Crippen LogP contribution in [0.1, 0.15) is 30.7 Å². The summed E-state index contributed by atoms with van der Waals surface area (Å²) >= 11 is 1.65. The van der Waals surface area contributed by atoms with Crippen LogP contribution in [-0.4, -0.2) is 7.05 Å². The van der Waals surface area contributed by atoms with Crippen LogP contribution in [0.3, 0.4) is 0 Å². The maximum atomic E-state index is 13.2. The second-order valence-corrected chi connectivity index (χ2v) is 5.25. The van der Waals surface area contributed by atoms with Crippen molar-refractivity contribution in [3.05, 3.63) is 35.0 Å². The first-order valence-corrected chi connectivity index (χ1v) is 6.82. The standard InChI is InChI=1S/C15H16FNS/c1-3-4-5-6-13(17-2)15-9-11-7-8-12(16)10-14(11)18-15/h7-10,13,17H,5-6H2,1-2H3. The van der Waals surface area contributed by atoms with Crippen LogP contribution in [0, 0.1) is 17.7 Å². The first-order valence-electron chi connectivity index (χ1n) is 6.00. The van der Waals surface area contributed by atoms with Crippen molar-refractivity contribution in [3.63, 3.8) is 0 Å². The molecule has 1 heterocycles. The van der Waals surface area contributed by atoms with Crippen molar-refractivity contribution in [3.8, 4) is 11.8 Å². The normalized spacial score (nSPS) is 12.2. The van der Waals surface area contributed by atoms with E-state index in [0.29, 0.717) is 6.04 Å². The molecule has 0 aliphatic heterocycles. The van der Waals surface area contributed by atoms with Gasteiger partial charge in [0.15, 0.2) is 0 Å². The number of hydrogen-bond acceptors (Lipinski definition) is 2. The summed E-state index contributed by atoms with van der Waals surface area (Å²) in [4.78, 5) is 1.25. The SMILES string of the molecule is CC#CCCC(NC)c1cc2ccc(F)cc2s1. The number of benzene rings is 1. The van der Waals surface area contributed by atoms with Crippen LogP contribution < -0.4 is 5.32 Å². The molecule has 2 aromatic rings. The Morgan fingerprint density at radius 1 is 1.39 bits per heavy atom. The monoisotopic (exact) mass is 261 g/mol. The van der Waals surface area contributed by atoms with Crippen molar-refractivity contribution in [1.29, 1.82) is 0 Å². The molecule has 1 unspecified atom stereocenters. The number of thiophene rings is 1. The summed E-state index contributed by atoms with van der Waals surface area (Å²) in [6.07, 6.45) is 1.86. The lowest BCUT2D eigenvalue weighted by Gasteiger charge is -2.12. The van der Waals surface area contributed by atoms with Crippen molar-refractivity contribution in [2.75, 3.05) is 7.05 Å². The summed E-state index contributed by atoms with van der Waals surface area (Å²) < 4.78 is 14.2. The molecule has 0 fully saturated rings. The number of nitrogens with one attached hydrogen (secondary N) is 1. The van der Waals surface area contributed by atoms with Gasteiger partial charge in [0.1, 0.15) is 5.82 Å². The second-order valence-electron chi connectivity index (χ2n) is 4.14. The lowest BCUT2D eigenvalue weighted by Crippen LogP contribution is -2.14. The zero-order valence-corrected chi connectivity index (χ0v) is 11.4. The van der Waals surface area contributed by atoms with Crippen molar-refractivity contribution in [2.45, 2.75) is 25.8 Å². The molecule has 0 aliphatic rings. The molecular weight excluding hydrogens is 245 g/mol. The summed E-state index contributed by atoms with van der Waals surface area (Å²) in [6.45, 7) is 1.86. The minimum atomic E-state index is -0.172. The van der Waals surface area contributed by atoms with Crippen LogP contribution in [0.2, 0.25) is 0 Å². The summed E-state index contributed by atoms with van der Waals surface area (Å²) in [5.41, 5.74) is 0. The Morgan fingerprint density at radius 3 is 2.94 bits per heavy atom. The smallest absolute Gasteiger partial charge is 0.124 e. The van der Waals surface area contributed by atoms with Crippen LogP contribution in [0.5, 0.6) is 0 Å². The molecule has 0 spiro atoms. The van der Waals surface area contributed by atoms with E-state index in [9.17, 15) is 4.39 Å². The van der Waals surface area contributed by atoms with Gasteiger partial charge in [0.2, 0.25) is 0 Å². The van der Waals surface area contributed by atoms with E-state index in [4.69, 9.17) is 0 Å². The maximum absolute atomic E-state index is 13.2. The van der Waals surface area contributed by atoms with E-state index in [1.165, 1.54) is 10.9 Å². The van der Waals surface area contributed by atoms with E-state index < -0.39 is 0 Å². The Bertz CT molecular complexity index is 591. The Balaban J connectivity index is 2.24. The van der Waals surface area contributed by atoms with Crippen LogP contribution in [0.15, 0.2) is 24.3 Å². The third kappa shape index (κ3) is 2.90. The average Bonchev–Trinajstić information content (AvgIpc) is 2.77. The van der Waals surface area contributed by atoms with Gasteiger partial charge in [0.05, 0.1) is 0 Å². The first kappa shape index (κ1) is 13.1. The summed E-state index contributed by atoms with van der Waals surface area (Å²) in [6, 6.07) is 7.38. The predicted octanol–water partition coefficient (Wildman–Crippen LogP) is 4.10. The van der Waals surface area contributed by atoms with Gasteiger partial charge in [-0.25, -0.2) is 4.39 Å². The summed E-state index contributed by atoms with van der Waals surface area (Å²) in [5, 5.41) is 4.41. The number of hydrogen-bond donors (Lipinski definition) is 1. The highest BCUT2D eigenvalue weighted by molar-refractivity contribution is 7.19. The van der Waals surface area contributed by atoms with Crippen LogP contribution in [0.25, 0.3) is 10.1 Å². The molecule has 18 heavy (non-hydrogen) atoms. The number of fused-ring (bicyclic) bond motifs is 1. The quantitative estimate of drug-likeness (QED) is 0.817. The molecule has 2 rings (SSSR count). The van der Waals surface area contributed by atoms with E-state index in [2.05, 4.69) is 23.2 Å². The minimum absolute atomic E-state index is 0.172. The number of rotatable bonds is 4. The van der Waals surface area contributed by atoms with E-state index in [1.54, 1.807) is 17.4 Å². The highest BCUT2D eigenvalue weighted by atomic mass is 32.1. The average molecular weight is 261 g/mol. The maximum Gasteiger partial charge on any atom is 0.124 e.